The molecule has 0 saturated carbocycles. The van der Waals surface area contributed by atoms with Crippen LogP contribution in [0.5, 0.6) is 5.75 Å². The Kier molecular flexibility index (Phi) is 4.95. The van der Waals surface area contributed by atoms with Gasteiger partial charge in [0.1, 0.15) is 5.75 Å². The van der Waals surface area contributed by atoms with Crippen LogP contribution in [0.3, 0.4) is 0 Å². The first-order valence-electron chi connectivity index (χ1n) is 8.22. The van der Waals surface area contributed by atoms with E-state index < -0.39 is 0 Å². The molecule has 2 aliphatic heterocycles. The van der Waals surface area contributed by atoms with Gasteiger partial charge in [0.05, 0.1) is 6.61 Å². The molecular formula is C18H22N2O3. The van der Waals surface area contributed by atoms with E-state index in [0.717, 1.165) is 50.3 Å². The van der Waals surface area contributed by atoms with E-state index in [1.807, 2.05) is 23.1 Å². The van der Waals surface area contributed by atoms with Crippen molar-refractivity contribution in [2.45, 2.75) is 25.7 Å². The summed E-state index contributed by atoms with van der Waals surface area (Å²) in [7, 11) is 0. The van der Waals surface area contributed by atoms with Crippen molar-refractivity contribution in [2.75, 3.05) is 26.2 Å². The fourth-order valence-electron chi connectivity index (χ4n) is 2.96. The fraction of sp³-hybridized carbons (Fsp3) is 0.444. The van der Waals surface area contributed by atoms with Gasteiger partial charge < -0.3 is 15.0 Å². The lowest BCUT2D eigenvalue weighted by Crippen LogP contribution is -2.32. The standard InChI is InChI=1S/C18H22N2O3/c21-17(19-9-7-18(22)20-10-1-2-11-20)6-4-14-3-5-16-15(13-14)8-12-23-16/h3-6,13H,1-2,7-12H2,(H,19,21)/b6-4+. The Morgan fingerprint density at radius 3 is 2.91 bits per heavy atom. The quantitative estimate of drug-likeness (QED) is 0.843. The summed E-state index contributed by atoms with van der Waals surface area (Å²) >= 11 is 0. The lowest BCUT2D eigenvalue weighted by Gasteiger charge is -2.14. The predicted molar refractivity (Wildman–Crippen MR) is 88.1 cm³/mol. The van der Waals surface area contributed by atoms with Gasteiger partial charge in [0.15, 0.2) is 0 Å². The molecule has 3 rings (SSSR count). The highest BCUT2D eigenvalue weighted by Crippen LogP contribution is 2.26. The van der Waals surface area contributed by atoms with E-state index in [2.05, 4.69) is 5.32 Å². The van der Waals surface area contributed by atoms with E-state index in [1.54, 1.807) is 6.08 Å². The molecule has 122 valence electrons. The van der Waals surface area contributed by atoms with Crippen molar-refractivity contribution in [1.29, 1.82) is 0 Å². The molecule has 0 bridgehead atoms. The zero-order valence-electron chi connectivity index (χ0n) is 13.2. The number of carbonyl (C=O) groups excluding carboxylic acids is 2. The van der Waals surface area contributed by atoms with Crippen molar-refractivity contribution in [3.63, 3.8) is 0 Å². The Labute approximate surface area is 136 Å². The van der Waals surface area contributed by atoms with E-state index in [-0.39, 0.29) is 11.8 Å². The molecule has 0 aliphatic carbocycles. The SMILES string of the molecule is O=C(/C=C/c1ccc2c(c1)CCO2)NCCC(=O)N1CCCC1. The number of rotatable bonds is 5. The number of hydrogen-bond donors (Lipinski definition) is 1. The molecule has 23 heavy (non-hydrogen) atoms. The summed E-state index contributed by atoms with van der Waals surface area (Å²) in [6.45, 7) is 2.83. The topological polar surface area (TPSA) is 58.6 Å². The molecule has 1 aromatic carbocycles. The molecule has 2 heterocycles. The molecule has 5 heteroatoms. The Bertz CT molecular complexity index is 619. The number of amides is 2. The molecule has 2 aliphatic rings. The second-order valence-corrected chi connectivity index (χ2v) is 5.93. The van der Waals surface area contributed by atoms with Crippen LogP contribution in [0.15, 0.2) is 24.3 Å². The largest absolute Gasteiger partial charge is 0.493 e. The molecule has 1 saturated heterocycles. The molecule has 0 radical (unpaired) electrons. The van der Waals surface area contributed by atoms with Crippen LogP contribution in [0.1, 0.15) is 30.4 Å². The average Bonchev–Trinajstić information content (AvgIpc) is 3.23. The molecule has 0 atom stereocenters. The normalized spacial score (nSPS) is 16.4. The number of hydrogen-bond acceptors (Lipinski definition) is 3. The van der Waals surface area contributed by atoms with Gasteiger partial charge >= 0.3 is 0 Å². The van der Waals surface area contributed by atoms with Gasteiger partial charge in [-0.1, -0.05) is 6.07 Å². The minimum atomic E-state index is -0.170. The Balaban J connectivity index is 1.43. The second-order valence-electron chi connectivity index (χ2n) is 5.93. The zero-order valence-corrected chi connectivity index (χ0v) is 13.2. The smallest absolute Gasteiger partial charge is 0.244 e. The Hall–Kier alpha value is -2.30. The number of carbonyl (C=O) groups is 2. The monoisotopic (exact) mass is 314 g/mol. The summed E-state index contributed by atoms with van der Waals surface area (Å²) in [5.41, 5.74) is 2.17. The second kappa shape index (κ2) is 7.31. The predicted octanol–water partition coefficient (Wildman–Crippen LogP) is 1.76. The van der Waals surface area contributed by atoms with Crippen LogP contribution in [0.25, 0.3) is 6.08 Å². The highest BCUT2D eigenvalue weighted by Gasteiger charge is 2.17. The third-order valence-corrected chi connectivity index (χ3v) is 4.24. The Morgan fingerprint density at radius 1 is 1.26 bits per heavy atom. The van der Waals surface area contributed by atoms with Crippen molar-refractivity contribution in [2.24, 2.45) is 0 Å². The number of nitrogens with one attached hydrogen (secondary N) is 1. The third kappa shape index (κ3) is 4.12. The third-order valence-electron chi connectivity index (χ3n) is 4.24. The average molecular weight is 314 g/mol. The van der Waals surface area contributed by atoms with E-state index in [1.165, 1.54) is 11.6 Å². The summed E-state index contributed by atoms with van der Waals surface area (Å²) in [6, 6.07) is 5.92. The summed E-state index contributed by atoms with van der Waals surface area (Å²) in [5.74, 6) is 0.897. The zero-order chi connectivity index (χ0) is 16.1. The molecule has 1 N–H and O–H groups in total. The van der Waals surface area contributed by atoms with E-state index in [9.17, 15) is 9.59 Å². The molecule has 2 amide bonds. The van der Waals surface area contributed by atoms with Crippen molar-refractivity contribution in [1.82, 2.24) is 10.2 Å². The van der Waals surface area contributed by atoms with Gasteiger partial charge in [0.2, 0.25) is 11.8 Å². The molecule has 1 aromatic rings. The number of likely N-dealkylation sites (tertiary alicyclic amines) is 1. The number of ether oxygens (including phenoxy) is 1. The van der Waals surface area contributed by atoms with E-state index in [4.69, 9.17) is 4.74 Å². The molecule has 1 fully saturated rings. The van der Waals surface area contributed by atoms with Crippen LogP contribution in [0.2, 0.25) is 0 Å². The lowest BCUT2D eigenvalue weighted by atomic mass is 10.1. The van der Waals surface area contributed by atoms with Crippen molar-refractivity contribution in [3.8, 4) is 5.75 Å². The van der Waals surface area contributed by atoms with Gasteiger partial charge in [0.25, 0.3) is 0 Å². The van der Waals surface area contributed by atoms with Crippen molar-refractivity contribution in [3.05, 3.63) is 35.4 Å². The van der Waals surface area contributed by atoms with Gasteiger partial charge in [-0.05, 0) is 42.2 Å². The van der Waals surface area contributed by atoms with Crippen LogP contribution in [0, 0.1) is 0 Å². The minimum absolute atomic E-state index is 0.130. The van der Waals surface area contributed by atoms with Gasteiger partial charge in [-0.25, -0.2) is 0 Å². The van der Waals surface area contributed by atoms with Crippen LogP contribution in [-0.4, -0.2) is 43.0 Å². The van der Waals surface area contributed by atoms with E-state index >= 15 is 0 Å². The van der Waals surface area contributed by atoms with Crippen molar-refractivity contribution < 1.29 is 14.3 Å². The van der Waals surface area contributed by atoms with Crippen LogP contribution in [-0.2, 0) is 16.0 Å². The molecular weight excluding hydrogens is 292 g/mol. The summed E-state index contributed by atoms with van der Waals surface area (Å²) in [4.78, 5) is 25.5. The molecule has 0 aromatic heterocycles. The summed E-state index contributed by atoms with van der Waals surface area (Å²) < 4.78 is 5.46. The molecule has 5 nitrogen and oxygen atoms in total. The Morgan fingerprint density at radius 2 is 2.09 bits per heavy atom. The highest BCUT2D eigenvalue weighted by molar-refractivity contribution is 5.92. The highest BCUT2D eigenvalue weighted by atomic mass is 16.5. The number of fused-ring (bicyclic) bond motifs is 1. The minimum Gasteiger partial charge on any atom is -0.493 e. The van der Waals surface area contributed by atoms with E-state index in [0.29, 0.717) is 13.0 Å². The first-order chi connectivity index (χ1) is 11.2. The number of benzene rings is 1. The van der Waals surface area contributed by atoms with Gasteiger partial charge in [0, 0.05) is 38.6 Å². The lowest BCUT2D eigenvalue weighted by molar-refractivity contribution is -0.130. The summed E-state index contributed by atoms with van der Waals surface area (Å²) in [5, 5.41) is 2.76. The van der Waals surface area contributed by atoms with Gasteiger partial charge in [-0.2, -0.15) is 0 Å². The first kappa shape index (κ1) is 15.6. The molecule has 0 spiro atoms. The summed E-state index contributed by atoms with van der Waals surface area (Å²) in [6.07, 6.45) is 6.77. The maximum absolute atomic E-state index is 11.9. The first-order valence-corrected chi connectivity index (χ1v) is 8.22. The van der Waals surface area contributed by atoms with Crippen LogP contribution in [0.4, 0.5) is 0 Å². The van der Waals surface area contributed by atoms with Gasteiger partial charge in [-0.15, -0.1) is 0 Å². The fourth-order valence-corrected chi connectivity index (χ4v) is 2.96. The molecule has 0 unspecified atom stereocenters. The van der Waals surface area contributed by atoms with Crippen LogP contribution < -0.4 is 10.1 Å². The van der Waals surface area contributed by atoms with Gasteiger partial charge in [-0.3, -0.25) is 9.59 Å². The maximum Gasteiger partial charge on any atom is 0.244 e. The maximum atomic E-state index is 11.9. The van der Waals surface area contributed by atoms with Crippen molar-refractivity contribution >= 4 is 17.9 Å². The number of nitrogens with zero attached hydrogens (tertiary/aromatic N) is 1. The van der Waals surface area contributed by atoms with Crippen LogP contribution >= 0.6 is 0 Å².